The summed E-state index contributed by atoms with van der Waals surface area (Å²) in [5, 5.41) is 9.78. The van der Waals surface area contributed by atoms with Crippen molar-refractivity contribution in [1.82, 2.24) is 0 Å². The van der Waals surface area contributed by atoms with Gasteiger partial charge in [-0.15, -0.1) is 0 Å². The standard InChI is InChI=1S/C13H26O.C3H8/c1-10-5-6-11(9-12(10)14)7-8-13(2,3)4;1-3-2/h10-12,14H,5-9H2,1-4H3;3H2,1-2H3. The van der Waals surface area contributed by atoms with Crippen LogP contribution in [0.3, 0.4) is 0 Å². The molecule has 0 amide bonds. The maximum absolute atomic E-state index is 9.78. The summed E-state index contributed by atoms with van der Waals surface area (Å²) in [5.74, 6) is 1.31. The van der Waals surface area contributed by atoms with E-state index < -0.39 is 0 Å². The normalized spacial score (nSPS) is 29.5. The highest BCUT2D eigenvalue weighted by atomic mass is 16.3. The Bertz CT molecular complexity index is 180. The number of hydrogen-bond acceptors (Lipinski definition) is 1. The van der Waals surface area contributed by atoms with Gasteiger partial charge in [0.05, 0.1) is 6.10 Å². The number of hydrogen-bond donors (Lipinski definition) is 1. The van der Waals surface area contributed by atoms with Gasteiger partial charge < -0.3 is 5.11 Å². The molecule has 0 radical (unpaired) electrons. The molecule has 0 heterocycles. The molecular formula is C16H34O. The fourth-order valence-corrected chi connectivity index (χ4v) is 2.28. The van der Waals surface area contributed by atoms with Crippen LogP contribution in [-0.2, 0) is 0 Å². The first-order valence-electron chi connectivity index (χ1n) is 7.48. The molecule has 0 spiro atoms. The van der Waals surface area contributed by atoms with E-state index in [9.17, 15) is 5.11 Å². The van der Waals surface area contributed by atoms with Crippen molar-refractivity contribution >= 4 is 0 Å². The van der Waals surface area contributed by atoms with Crippen LogP contribution in [0.5, 0.6) is 0 Å². The van der Waals surface area contributed by atoms with Gasteiger partial charge in [-0.3, -0.25) is 0 Å². The van der Waals surface area contributed by atoms with Gasteiger partial charge in [0.2, 0.25) is 0 Å². The minimum Gasteiger partial charge on any atom is -0.393 e. The Morgan fingerprint density at radius 1 is 1.12 bits per heavy atom. The maximum atomic E-state index is 9.78. The van der Waals surface area contributed by atoms with Gasteiger partial charge >= 0.3 is 0 Å². The summed E-state index contributed by atoms with van der Waals surface area (Å²) in [7, 11) is 0. The lowest BCUT2D eigenvalue weighted by Crippen LogP contribution is -2.27. The van der Waals surface area contributed by atoms with Gasteiger partial charge in [-0.05, 0) is 42.9 Å². The lowest BCUT2D eigenvalue weighted by molar-refractivity contribution is 0.0481. The van der Waals surface area contributed by atoms with Crippen LogP contribution in [0.2, 0.25) is 0 Å². The first-order valence-corrected chi connectivity index (χ1v) is 7.48. The van der Waals surface area contributed by atoms with E-state index in [0.717, 1.165) is 12.3 Å². The quantitative estimate of drug-likeness (QED) is 0.720. The molecule has 0 bridgehead atoms. The molecule has 1 nitrogen and oxygen atoms in total. The Hall–Kier alpha value is -0.0400. The summed E-state index contributed by atoms with van der Waals surface area (Å²) in [6, 6.07) is 0. The average molecular weight is 242 g/mol. The lowest BCUT2D eigenvalue weighted by Gasteiger charge is -2.32. The highest BCUT2D eigenvalue weighted by molar-refractivity contribution is 4.78. The van der Waals surface area contributed by atoms with Crippen molar-refractivity contribution in [3.05, 3.63) is 0 Å². The van der Waals surface area contributed by atoms with Crippen LogP contribution in [-0.4, -0.2) is 11.2 Å². The van der Waals surface area contributed by atoms with Crippen molar-refractivity contribution in [2.24, 2.45) is 17.3 Å². The fraction of sp³-hybridized carbons (Fsp3) is 1.00. The third-order valence-corrected chi connectivity index (χ3v) is 3.56. The molecule has 0 aliphatic heterocycles. The molecule has 0 saturated heterocycles. The zero-order valence-electron chi connectivity index (χ0n) is 12.9. The van der Waals surface area contributed by atoms with Gasteiger partial charge in [-0.25, -0.2) is 0 Å². The van der Waals surface area contributed by atoms with Gasteiger partial charge in [0.15, 0.2) is 0 Å². The second-order valence-electron chi connectivity index (χ2n) is 7.03. The molecule has 104 valence electrons. The molecule has 1 heteroatoms. The Morgan fingerprint density at radius 2 is 1.65 bits per heavy atom. The monoisotopic (exact) mass is 242 g/mol. The fourth-order valence-electron chi connectivity index (χ4n) is 2.28. The molecule has 1 N–H and O–H groups in total. The van der Waals surface area contributed by atoms with Crippen LogP contribution in [0.1, 0.15) is 80.1 Å². The molecule has 0 aromatic heterocycles. The second-order valence-corrected chi connectivity index (χ2v) is 7.03. The molecule has 3 atom stereocenters. The zero-order chi connectivity index (χ0) is 13.5. The summed E-state index contributed by atoms with van der Waals surface area (Å²) in [6.07, 6.45) is 7.39. The maximum Gasteiger partial charge on any atom is 0.0568 e. The first kappa shape index (κ1) is 17.0. The minimum atomic E-state index is -0.0336. The highest BCUT2D eigenvalue weighted by Gasteiger charge is 2.26. The van der Waals surface area contributed by atoms with E-state index in [2.05, 4.69) is 41.5 Å². The molecule has 1 aliphatic rings. The van der Waals surface area contributed by atoms with E-state index in [1.54, 1.807) is 0 Å². The van der Waals surface area contributed by atoms with Crippen LogP contribution in [0.25, 0.3) is 0 Å². The Morgan fingerprint density at radius 3 is 2.06 bits per heavy atom. The van der Waals surface area contributed by atoms with E-state index >= 15 is 0 Å². The van der Waals surface area contributed by atoms with Gasteiger partial charge in [-0.1, -0.05) is 54.4 Å². The van der Waals surface area contributed by atoms with Crippen molar-refractivity contribution in [2.75, 3.05) is 0 Å². The summed E-state index contributed by atoms with van der Waals surface area (Å²) in [6.45, 7) is 13.3. The van der Waals surface area contributed by atoms with Gasteiger partial charge in [0.25, 0.3) is 0 Å². The van der Waals surface area contributed by atoms with Crippen LogP contribution in [0, 0.1) is 17.3 Å². The SMILES string of the molecule is CC1CCC(CCC(C)(C)C)CC1O.CCC. The van der Waals surface area contributed by atoms with Crippen LogP contribution >= 0.6 is 0 Å². The van der Waals surface area contributed by atoms with E-state index in [0.29, 0.717) is 11.3 Å². The molecule has 0 aromatic carbocycles. The summed E-state index contributed by atoms with van der Waals surface area (Å²) < 4.78 is 0. The van der Waals surface area contributed by atoms with E-state index in [4.69, 9.17) is 0 Å². The van der Waals surface area contributed by atoms with E-state index in [-0.39, 0.29) is 6.10 Å². The number of aliphatic hydroxyl groups excluding tert-OH is 1. The largest absolute Gasteiger partial charge is 0.393 e. The van der Waals surface area contributed by atoms with Crippen LogP contribution in [0.15, 0.2) is 0 Å². The average Bonchev–Trinajstić information content (AvgIpc) is 2.20. The zero-order valence-corrected chi connectivity index (χ0v) is 12.9. The predicted octanol–water partition coefficient (Wildman–Crippen LogP) is 5.03. The number of aliphatic hydroxyl groups is 1. The van der Waals surface area contributed by atoms with E-state index in [1.807, 2.05) is 0 Å². The van der Waals surface area contributed by atoms with Crippen molar-refractivity contribution in [2.45, 2.75) is 86.2 Å². The van der Waals surface area contributed by atoms with Crippen LogP contribution in [0.4, 0.5) is 0 Å². The van der Waals surface area contributed by atoms with E-state index in [1.165, 1.54) is 32.1 Å². The third kappa shape index (κ3) is 8.65. The molecule has 1 rings (SSSR count). The van der Waals surface area contributed by atoms with Gasteiger partial charge in [0, 0.05) is 0 Å². The van der Waals surface area contributed by atoms with Crippen molar-refractivity contribution in [1.29, 1.82) is 0 Å². The smallest absolute Gasteiger partial charge is 0.0568 e. The number of rotatable bonds is 2. The molecule has 1 fully saturated rings. The van der Waals surface area contributed by atoms with Crippen molar-refractivity contribution in [3.63, 3.8) is 0 Å². The van der Waals surface area contributed by atoms with Crippen molar-refractivity contribution in [3.8, 4) is 0 Å². The van der Waals surface area contributed by atoms with Gasteiger partial charge in [-0.2, -0.15) is 0 Å². The molecule has 17 heavy (non-hydrogen) atoms. The summed E-state index contributed by atoms with van der Waals surface area (Å²) in [5.41, 5.74) is 0.452. The topological polar surface area (TPSA) is 20.2 Å². The summed E-state index contributed by atoms with van der Waals surface area (Å²) >= 11 is 0. The predicted molar refractivity (Wildman–Crippen MR) is 77.2 cm³/mol. The molecular weight excluding hydrogens is 208 g/mol. The van der Waals surface area contributed by atoms with Gasteiger partial charge in [0.1, 0.15) is 0 Å². The minimum absolute atomic E-state index is 0.0336. The highest BCUT2D eigenvalue weighted by Crippen LogP contribution is 2.34. The van der Waals surface area contributed by atoms with Crippen molar-refractivity contribution < 1.29 is 5.11 Å². The third-order valence-electron chi connectivity index (χ3n) is 3.56. The lowest BCUT2D eigenvalue weighted by atomic mass is 9.76. The summed E-state index contributed by atoms with van der Waals surface area (Å²) in [4.78, 5) is 0. The Balaban J connectivity index is 0.000000770. The Kier molecular flexibility index (Phi) is 8.11. The Labute approximate surface area is 109 Å². The first-order chi connectivity index (χ1) is 7.80. The second kappa shape index (κ2) is 8.13. The molecule has 1 saturated carbocycles. The molecule has 3 unspecified atom stereocenters. The molecule has 1 aliphatic carbocycles. The molecule has 0 aromatic rings. The van der Waals surface area contributed by atoms with Crippen LogP contribution < -0.4 is 0 Å².